The lowest BCUT2D eigenvalue weighted by Gasteiger charge is -2.13. The summed E-state index contributed by atoms with van der Waals surface area (Å²) in [6, 6.07) is 2.20. The van der Waals surface area contributed by atoms with Crippen molar-refractivity contribution in [3.05, 3.63) is 34.0 Å². The number of rotatable bonds is 3. The standard InChI is InChI=1S/C16H17N3O2S/c1-21-7-6-19-9-17-13-11-8-10-4-2-3-5-12(10)18-15(11)22-14(13)16(19)20/h8-9H,2-7H2,1H3. The van der Waals surface area contributed by atoms with E-state index in [1.165, 1.54) is 35.4 Å². The average Bonchev–Trinajstić information content (AvgIpc) is 2.90. The van der Waals surface area contributed by atoms with Gasteiger partial charge in [-0.25, -0.2) is 9.97 Å². The topological polar surface area (TPSA) is 57.0 Å². The van der Waals surface area contributed by atoms with Crippen LogP contribution in [0, 0.1) is 0 Å². The van der Waals surface area contributed by atoms with Gasteiger partial charge in [-0.2, -0.15) is 0 Å². The summed E-state index contributed by atoms with van der Waals surface area (Å²) in [6.45, 7) is 1.03. The minimum atomic E-state index is 0.00280. The Hall–Kier alpha value is -1.79. The van der Waals surface area contributed by atoms with Crippen LogP contribution in [0.3, 0.4) is 0 Å². The number of aryl methyl sites for hydroxylation is 2. The van der Waals surface area contributed by atoms with Gasteiger partial charge in [-0.1, -0.05) is 0 Å². The van der Waals surface area contributed by atoms with E-state index in [2.05, 4.69) is 11.1 Å². The molecule has 0 atom stereocenters. The normalized spacial score (nSPS) is 14.6. The summed E-state index contributed by atoms with van der Waals surface area (Å²) in [5, 5.41) is 1.02. The fourth-order valence-corrected chi connectivity index (χ4v) is 4.14. The first kappa shape index (κ1) is 13.8. The number of nitrogens with zero attached hydrogens (tertiary/aromatic N) is 3. The summed E-state index contributed by atoms with van der Waals surface area (Å²) in [7, 11) is 1.63. The molecule has 1 aliphatic rings. The molecule has 0 fully saturated rings. The lowest BCUT2D eigenvalue weighted by Crippen LogP contribution is -2.21. The lowest BCUT2D eigenvalue weighted by atomic mass is 9.95. The van der Waals surface area contributed by atoms with Gasteiger partial charge in [0.1, 0.15) is 9.53 Å². The molecule has 114 valence electrons. The largest absolute Gasteiger partial charge is 0.383 e. The van der Waals surface area contributed by atoms with Gasteiger partial charge in [-0.3, -0.25) is 9.36 Å². The third kappa shape index (κ3) is 2.14. The van der Waals surface area contributed by atoms with Gasteiger partial charge in [-0.05, 0) is 37.3 Å². The van der Waals surface area contributed by atoms with Crippen molar-refractivity contribution < 1.29 is 4.74 Å². The molecule has 0 aromatic carbocycles. The van der Waals surface area contributed by atoms with E-state index >= 15 is 0 Å². The van der Waals surface area contributed by atoms with E-state index in [0.29, 0.717) is 17.9 Å². The smallest absolute Gasteiger partial charge is 0.271 e. The van der Waals surface area contributed by atoms with Gasteiger partial charge < -0.3 is 4.74 Å². The second-order valence-corrected chi connectivity index (χ2v) is 6.67. The highest BCUT2D eigenvalue weighted by atomic mass is 32.1. The first-order valence-corrected chi connectivity index (χ1v) is 8.39. The molecule has 3 aromatic rings. The zero-order valence-corrected chi connectivity index (χ0v) is 13.3. The molecule has 0 spiro atoms. The summed E-state index contributed by atoms with van der Waals surface area (Å²) >= 11 is 1.46. The molecule has 0 radical (unpaired) electrons. The van der Waals surface area contributed by atoms with Crippen molar-refractivity contribution in [1.29, 1.82) is 0 Å². The van der Waals surface area contributed by atoms with E-state index in [0.717, 1.165) is 28.6 Å². The van der Waals surface area contributed by atoms with Gasteiger partial charge in [0.25, 0.3) is 5.56 Å². The zero-order chi connectivity index (χ0) is 15.1. The Labute approximate surface area is 131 Å². The number of hydrogen-bond acceptors (Lipinski definition) is 5. The van der Waals surface area contributed by atoms with E-state index in [9.17, 15) is 4.79 Å². The second-order valence-electron chi connectivity index (χ2n) is 5.67. The van der Waals surface area contributed by atoms with Gasteiger partial charge in [0.05, 0.1) is 25.0 Å². The summed E-state index contributed by atoms with van der Waals surface area (Å²) in [5.41, 5.74) is 3.32. The third-order valence-corrected chi connectivity index (χ3v) is 5.33. The Bertz CT molecular complexity index is 913. The molecule has 0 bridgehead atoms. The van der Waals surface area contributed by atoms with E-state index in [1.54, 1.807) is 18.0 Å². The van der Waals surface area contributed by atoms with Crippen LogP contribution in [0.1, 0.15) is 24.1 Å². The Morgan fingerprint density at radius 1 is 1.36 bits per heavy atom. The van der Waals surface area contributed by atoms with Gasteiger partial charge in [0.15, 0.2) is 0 Å². The molecule has 0 aliphatic heterocycles. The van der Waals surface area contributed by atoms with Crippen LogP contribution in [-0.2, 0) is 24.1 Å². The molecule has 0 N–H and O–H groups in total. The van der Waals surface area contributed by atoms with Crippen LogP contribution in [0.2, 0.25) is 0 Å². The number of fused-ring (bicyclic) bond motifs is 4. The molecule has 0 saturated heterocycles. The summed E-state index contributed by atoms with van der Waals surface area (Å²) < 4.78 is 7.35. The van der Waals surface area contributed by atoms with E-state index < -0.39 is 0 Å². The molecule has 22 heavy (non-hydrogen) atoms. The quantitative estimate of drug-likeness (QED) is 0.745. The molecule has 1 aliphatic carbocycles. The molecule has 0 unspecified atom stereocenters. The number of hydrogen-bond donors (Lipinski definition) is 0. The molecule has 6 heteroatoms. The highest BCUT2D eigenvalue weighted by molar-refractivity contribution is 7.25. The number of ether oxygens (including phenoxy) is 1. The molecule has 4 rings (SSSR count). The Balaban J connectivity index is 1.93. The number of thiophene rings is 1. The summed E-state index contributed by atoms with van der Waals surface area (Å²) in [4.78, 5) is 22.8. The van der Waals surface area contributed by atoms with Crippen molar-refractivity contribution in [2.45, 2.75) is 32.2 Å². The van der Waals surface area contributed by atoms with Crippen molar-refractivity contribution in [3.63, 3.8) is 0 Å². The molecule has 3 aromatic heterocycles. The van der Waals surface area contributed by atoms with Gasteiger partial charge >= 0.3 is 0 Å². The predicted molar refractivity (Wildman–Crippen MR) is 87.7 cm³/mol. The number of aromatic nitrogens is 3. The van der Waals surface area contributed by atoms with Gasteiger partial charge in [-0.15, -0.1) is 11.3 Å². The molecule has 5 nitrogen and oxygen atoms in total. The van der Waals surface area contributed by atoms with Crippen LogP contribution >= 0.6 is 11.3 Å². The van der Waals surface area contributed by atoms with Crippen molar-refractivity contribution >= 4 is 31.8 Å². The van der Waals surface area contributed by atoms with Crippen molar-refractivity contribution in [2.75, 3.05) is 13.7 Å². The monoisotopic (exact) mass is 315 g/mol. The van der Waals surface area contributed by atoms with E-state index in [1.807, 2.05) is 0 Å². The van der Waals surface area contributed by atoms with Crippen LogP contribution in [0.15, 0.2) is 17.2 Å². The van der Waals surface area contributed by atoms with Crippen LogP contribution in [0.25, 0.3) is 20.4 Å². The maximum Gasteiger partial charge on any atom is 0.271 e. The third-order valence-electron chi connectivity index (χ3n) is 4.25. The minimum absolute atomic E-state index is 0.00280. The molecular weight excluding hydrogens is 298 g/mol. The van der Waals surface area contributed by atoms with Crippen LogP contribution in [0.4, 0.5) is 0 Å². The number of pyridine rings is 1. The molecule has 3 heterocycles. The SMILES string of the molecule is COCCn1cnc2c(sc3nc4c(cc32)CCCC4)c1=O. The van der Waals surface area contributed by atoms with E-state index in [-0.39, 0.29) is 5.56 Å². The highest BCUT2D eigenvalue weighted by Gasteiger charge is 2.17. The Morgan fingerprint density at radius 3 is 3.09 bits per heavy atom. The maximum absolute atomic E-state index is 12.6. The van der Waals surface area contributed by atoms with Crippen LogP contribution in [-0.4, -0.2) is 28.3 Å². The Kier molecular flexibility index (Phi) is 3.43. The average molecular weight is 315 g/mol. The van der Waals surface area contributed by atoms with Gasteiger partial charge in [0, 0.05) is 18.2 Å². The molecule has 0 amide bonds. The zero-order valence-electron chi connectivity index (χ0n) is 12.5. The molecule has 0 saturated carbocycles. The Morgan fingerprint density at radius 2 is 2.23 bits per heavy atom. The lowest BCUT2D eigenvalue weighted by molar-refractivity contribution is 0.186. The predicted octanol–water partition coefficient (Wildman–Crippen LogP) is 2.53. The maximum atomic E-state index is 12.6. The van der Waals surface area contributed by atoms with E-state index in [4.69, 9.17) is 9.72 Å². The summed E-state index contributed by atoms with van der Waals surface area (Å²) in [5.74, 6) is 0. The van der Waals surface area contributed by atoms with Crippen LogP contribution in [0.5, 0.6) is 0 Å². The first-order valence-electron chi connectivity index (χ1n) is 7.57. The number of methoxy groups -OCH3 is 1. The fourth-order valence-electron chi connectivity index (χ4n) is 3.06. The van der Waals surface area contributed by atoms with Crippen LogP contribution < -0.4 is 5.56 Å². The second kappa shape index (κ2) is 5.44. The first-order chi connectivity index (χ1) is 10.8. The molecular formula is C16H17N3O2S. The highest BCUT2D eigenvalue weighted by Crippen LogP contribution is 2.32. The summed E-state index contributed by atoms with van der Waals surface area (Å²) in [6.07, 6.45) is 6.18. The van der Waals surface area contributed by atoms with Crippen molar-refractivity contribution in [1.82, 2.24) is 14.5 Å². The fraction of sp³-hybridized carbons (Fsp3) is 0.438. The van der Waals surface area contributed by atoms with Gasteiger partial charge in [0.2, 0.25) is 0 Å². The van der Waals surface area contributed by atoms with Crippen molar-refractivity contribution in [2.24, 2.45) is 0 Å². The minimum Gasteiger partial charge on any atom is -0.383 e. The van der Waals surface area contributed by atoms with Crippen molar-refractivity contribution in [3.8, 4) is 0 Å².